The minimum Gasteiger partial charge on any atom is -0.382 e. The third kappa shape index (κ3) is 4.16. The summed E-state index contributed by atoms with van der Waals surface area (Å²) in [6.45, 7) is 3.66. The summed E-state index contributed by atoms with van der Waals surface area (Å²) < 4.78 is 43.0. The number of halogens is 3. The number of thioether (sulfide) groups is 1. The normalized spacial score (nSPS) is 19.0. The van der Waals surface area contributed by atoms with Gasteiger partial charge in [-0.15, -0.1) is 11.8 Å². The Labute approximate surface area is 131 Å². The number of hydrogen-bond donors (Lipinski definition) is 0. The van der Waals surface area contributed by atoms with Gasteiger partial charge in [0.15, 0.2) is 0 Å². The molecule has 1 atom stereocenters. The fourth-order valence-corrected chi connectivity index (χ4v) is 3.51. The zero-order valence-corrected chi connectivity index (χ0v) is 13.0. The molecule has 22 heavy (non-hydrogen) atoms. The molecular weight excluding hydrogens is 315 g/mol. The van der Waals surface area contributed by atoms with Crippen LogP contribution in [-0.2, 0) is 15.7 Å². The number of amides is 1. The van der Waals surface area contributed by atoms with Crippen molar-refractivity contribution in [3.63, 3.8) is 0 Å². The molecule has 1 aliphatic heterocycles. The van der Waals surface area contributed by atoms with Crippen molar-refractivity contribution in [1.82, 2.24) is 4.90 Å². The quantitative estimate of drug-likeness (QED) is 0.744. The van der Waals surface area contributed by atoms with Gasteiger partial charge in [-0.1, -0.05) is 12.1 Å². The highest BCUT2D eigenvalue weighted by atomic mass is 32.2. The lowest BCUT2D eigenvalue weighted by molar-refractivity contribution is -0.137. The minimum absolute atomic E-state index is 0.0198. The monoisotopic (exact) mass is 333 g/mol. The molecule has 122 valence electrons. The van der Waals surface area contributed by atoms with Crippen LogP contribution in [0.15, 0.2) is 24.3 Å². The Hall–Kier alpha value is -1.21. The van der Waals surface area contributed by atoms with Crippen LogP contribution in [0.1, 0.15) is 29.8 Å². The third-order valence-electron chi connectivity index (χ3n) is 3.38. The van der Waals surface area contributed by atoms with E-state index in [4.69, 9.17) is 4.74 Å². The Kier molecular flexibility index (Phi) is 5.74. The SMILES string of the molecule is CCOCCCN1C(=O)CSC1c1ccc(C(F)(F)F)cc1. The van der Waals surface area contributed by atoms with E-state index in [1.165, 1.54) is 23.9 Å². The lowest BCUT2D eigenvalue weighted by atomic mass is 10.1. The van der Waals surface area contributed by atoms with Gasteiger partial charge in [-0.25, -0.2) is 0 Å². The van der Waals surface area contributed by atoms with Crippen LogP contribution >= 0.6 is 11.8 Å². The zero-order valence-electron chi connectivity index (χ0n) is 12.2. The predicted octanol–water partition coefficient (Wildman–Crippen LogP) is 3.71. The molecule has 0 aliphatic carbocycles. The molecule has 0 aromatic heterocycles. The Morgan fingerprint density at radius 1 is 1.32 bits per heavy atom. The van der Waals surface area contributed by atoms with Crippen molar-refractivity contribution in [1.29, 1.82) is 0 Å². The molecule has 1 heterocycles. The zero-order chi connectivity index (χ0) is 16.2. The number of rotatable bonds is 6. The van der Waals surface area contributed by atoms with E-state index in [2.05, 4.69) is 0 Å². The van der Waals surface area contributed by atoms with Crippen LogP contribution in [0.4, 0.5) is 13.2 Å². The van der Waals surface area contributed by atoms with Gasteiger partial charge in [0.2, 0.25) is 5.91 Å². The van der Waals surface area contributed by atoms with Crippen molar-refractivity contribution in [2.24, 2.45) is 0 Å². The van der Waals surface area contributed by atoms with Crippen LogP contribution in [0, 0.1) is 0 Å². The average Bonchev–Trinajstić information content (AvgIpc) is 2.84. The molecule has 7 heteroatoms. The molecule has 1 fully saturated rings. The lowest BCUT2D eigenvalue weighted by Gasteiger charge is -2.24. The van der Waals surface area contributed by atoms with Gasteiger partial charge in [-0.05, 0) is 31.0 Å². The first-order valence-electron chi connectivity index (χ1n) is 7.09. The Morgan fingerprint density at radius 3 is 2.59 bits per heavy atom. The van der Waals surface area contributed by atoms with E-state index in [9.17, 15) is 18.0 Å². The molecule has 0 radical (unpaired) electrons. The molecule has 3 nitrogen and oxygen atoms in total. The van der Waals surface area contributed by atoms with Crippen LogP contribution in [0.25, 0.3) is 0 Å². The molecule has 0 spiro atoms. The van der Waals surface area contributed by atoms with E-state index in [1.807, 2.05) is 6.92 Å². The number of nitrogens with zero attached hydrogens (tertiary/aromatic N) is 1. The smallest absolute Gasteiger partial charge is 0.382 e. The largest absolute Gasteiger partial charge is 0.416 e. The highest BCUT2D eigenvalue weighted by Crippen LogP contribution is 2.39. The lowest BCUT2D eigenvalue weighted by Crippen LogP contribution is -2.30. The second-order valence-corrected chi connectivity index (χ2v) is 5.99. The Balaban J connectivity index is 2.04. The molecule has 1 unspecified atom stereocenters. The highest BCUT2D eigenvalue weighted by molar-refractivity contribution is 8.00. The average molecular weight is 333 g/mol. The van der Waals surface area contributed by atoms with E-state index in [0.717, 1.165) is 24.1 Å². The van der Waals surface area contributed by atoms with Gasteiger partial charge >= 0.3 is 6.18 Å². The molecule has 1 saturated heterocycles. The molecule has 1 aromatic rings. The first-order valence-corrected chi connectivity index (χ1v) is 8.14. The van der Waals surface area contributed by atoms with Crippen LogP contribution in [0.2, 0.25) is 0 Å². The van der Waals surface area contributed by atoms with Crippen LogP contribution < -0.4 is 0 Å². The Morgan fingerprint density at radius 2 is 2.00 bits per heavy atom. The van der Waals surface area contributed by atoms with Gasteiger partial charge in [0, 0.05) is 19.8 Å². The van der Waals surface area contributed by atoms with Gasteiger partial charge in [0.25, 0.3) is 0 Å². The number of alkyl halides is 3. The third-order valence-corrected chi connectivity index (χ3v) is 4.64. The van der Waals surface area contributed by atoms with Crippen molar-refractivity contribution in [2.45, 2.75) is 24.9 Å². The van der Waals surface area contributed by atoms with Crippen molar-refractivity contribution >= 4 is 17.7 Å². The summed E-state index contributed by atoms with van der Waals surface area (Å²) in [6, 6.07) is 5.04. The molecule has 0 saturated carbocycles. The fourth-order valence-electron chi connectivity index (χ4n) is 2.29. The molecule has 2 rings (SSSR count). The van der Waals surface area contributed by atoms with Gasteiger partial charge in [0.1, 0.15) is 5.37 Å². The van der Waals surface area contributed by atoms with Gasteiger partial charge < -0.3 is 9.64 Å². The van der Waals surface area contributed by atoms with Crippen molar-refractivity contribution < 1.29 is 22.7 Å². The minimum atomic E-state index is -4.34. The summed E-state index contributed by atoms with van der Waals surface area (Å²) in [6.07, 6.45) is -3.62. The van der Waals surface area contributed by atoms with Gasteiger partial charge in [-0.2, -0.15) is 13.2 Å². The van der Waals surface area contributed by atoms with E-state index in [0.29, 0.717) is 25.5 Å². The van der Waals surface area contributed by atoms with Crippen LogP contribution in [0.5, 0.6) is 0 Å². The molecular formula is C15H18F3NO2S. The van der Waals surface area contributed by atoms with Crippen molar-refractivity contribution in [2.75, 3.05) is 25.5 Å². The van der Waals surface area contributed by atoms with Gasteiger partial charge in [0.05, 0.1) is 11.3 Å². The number of carbonyl (C=O) groups is 1. The summed E-state index contributed by atoms with van der Waals surface area (Å²) in [5.74, 6) is 0.381. The molecule has 1 amide bonds. The molecule has 1 aliphatic rings. The summed E-state index contributed by atoms with van der Waals surface area (Å²) in [5, 5.41) is -0.212. The second kappa shape index (κ2) is 7.37. The second-order valence-electron chi connectivity index (χ2n) is 4.92. The number of benzene rings is 1. The summed E-state index contributed by atoms with van der Waals surface area (Å²) >= 11 is 1.44. The fraction of sp³-hybridized carbons (Fsp3) is 0.533. The number of carbonyl (C=O) groups excluding carboxylic acids is 1. The molecule has 0 N–H and O–H groups in total. The van der Waals surface area contributed by atoms with Crippen LogP contribution in [-0.4, -0.2) is 36.3 Å². The standard InChI is InChI=1S/C15H18F3NO2S/c1-2-21-9-3-8-19-13(20)10-22-14(19)11-4-6-12(7-5-11)15(16,17)18/h4-7,14H,2-3,8-10H2,1H3. The number of ether oxygens (including phenoxy) is 1. The van der Waals surface area contributed by atoms with E-state index in [-0.39, 0.29) is 11.3 Å². The van der Waals surface area contributed by atoms with Crippen molar-refractivity contribution in [3.05, 3.63) is 35.4 Å². The maximum Gasteiger partial charge on any atom is 0.416 e. The molecule has 0 bridgehead atoms. The Bertz CT molecular complexity index is 505. The van der Waals surface area contributed by atoms with E-state index >= 15 is 0 Å². The summed E-state index contributed by atoms with van der Waals surface area (Å²) in [7, 11) is 0. The first kappa shape index (κ1) is 17.1. The summed E-state index contributed by atoms with van der Waals surface area (Å²) in [5.41, 5.74) is 0.0497. The van der Waals surface area contributed by atoms with E-state index in [1.54, 1.807) is 4.90 Å². The van der Waals surface area contributed by atoms with Crippen molar-refractivity contribution in [3.8, 4) is 0 Å². The maximum atomic E-state index is 12.6. The topological polar surface area (TPSA) is 29.5 Å². The first-order chi connectivity index (χ1) is 10.4. The van der Waals surface area contributed by atoms with Gasteiger partial charge in [-0.3, -0.25) is 4.79 Å². The molecule has 1 aromatic carbocycles. The van der Waals surface area contributed by atoms with Crippen LogP contribution in [0.3, 0.4) is 0 Å². The number of hydrogen-bond acceptors (Lipinski definition) is 3. The predicted molar refractivity (Wildman–Crippen MR) is 79.5 cm³/mol. The van der Waals surface area contributed by atoms with E-state index < -0.39 is 11.7 Å². The highest BCUT2D eigenvalue weighted by Gasteiger charge is 2.34. The maximum absolute atomic E-state index is 12.6. The summed E-state index contributed by atoms with van der Waals surface area (Å²) in [4.78, 5) is 13.6.